The zero-order chi connectivity index (χ0) is 24.2. The summed E-state index contributed by atoms with van der Waals surface area (Å²) in [6.45, 7) is 2.32. The molecule has 0 amide bonds. The molecule has 0 aliphatic heterocycles. The normalized spacial score (nSPS) is 14.2. The van der Waals surface area contributed by atoms with Crippen LogP contribution >= 0.6 is 39.5 Å². The quantitative estimate of drug-likeness (QED) is 0.259. The molecule has 0 fully saturated rings. The number of fused-ring (bicyclic) bond motifs is 1. The van der Waals surface area contributed by atoms with Crippen LogP contribution in [0.15, 0.2) is 4.47 Å². The highest BCUT2D eigenvalue weighted by atomic mass is 79.9. The number of nitrogens with one attached hydrogen (secondary N) is 2. The molecule has 0 saturated heterocycles. The van der Waals surface area contributed by atoms with Crippen LogP contribution in [0.2, 0.25) is 0 Å². The number of thiocarbonyl (C=S) groups is 1. The summed E-state index contributed by atoms with van der Waals surface area (Å²) in [7, 11) is 1.37. The lowest BCUT2D eigenvalue weighted by atomic mass is 9.96. The van der Waals surface area contributed by atoms with Crippen molar-refractivity contribution in [3.05, 3.63) is 31.9 Å². The van der Waals surface area contributed by atoms with E-state index in [1.165, 1.54) is 34.4 Å². The van der Waals surface area contributed by atoms with Gasteiger partial charge in [-0.05, 0) is 72.7 Å². The van der Waals surface area contributed by atoms with Gasteiger partial charge < -0.3 is 15.4 Å². The zero-order valence-electron chi connectivity index (χ0n) is 18.4. The van der Waals surface area contributed by atoms with Crippen LogP contribution in [0, 0.1) is 6.92 Å². The van der Waals surface area contributed by atoms with Crippen molar-refractivity contribution in [2.75, 3.05) is 19.0 Å². The second kappa shape index (κ2) is 11.2. The number of hydrogen-bond donors (Lipinski definition) is 2. The van der Waals surface area contributed by atoms with E-state index in [1.807, 2.05) is 0 Å². The standard InChI is InChI=1S/C21H26BrF3N4O2S2/c1-12-16(22)17(21(23,24)25)28-29(12)11-7-10-26-20(32)27-18-15(19(30)31-2)13-8-5-3-4-6-9-14(13)33-18/h3-11H2,1-2H3,(H2,26,27,32). The molecule has 0 saturated carbocycles. The van der Waals surface area contributed by atoms with Crippen LogP contribution in [-0.2, 0) is 30.3 Å². The number of alkyl halides is 3. The molecular weight excluding hydrogens is 541 g/mol. The number of methoxy groups -OCH3 is 1. The summed E-state index contributed by atoms with van der Waals surface area (Å²) in [6.07, 6.45) is 2.25. The molecule has 182 valence electrons. The second-order valence-corrected chi connectivity index (χ2v) is 10.1. The number of nitrogens with zero attached hydrogens (tertiary/aromatic N) is 2. The number of aryl methyl sites for hydroxylation is 2. The third kappa shape index (κ3) is 6.27. The maximum Gasteiger partial charge on any atom is 0.436 e. The van der Waals surface area contributed by atoms with Crippen molar-refractivity contribution in [1.82, 2.24) is 15.1 Å². The first-order valence-corrected chi connectivity index (χ1v) is 12.7. The van der Waals surface area contributed by atoms with Crippen molar-refractivity contribution in [2.45, 2.75) is 64.6 Å². The first-order chi connectivity index (χ1) is 15.6. The number of carbonyl (C=O) groups is 1. The molecule has 12 heteroatoms. The van der Waals surface area contributed by atoms with Crippen LogP contribution in [0.25, 0.3) is 0 Å². The molecule has 1 aliphatic rings. The highest BCUT2D eigenvalue weighted by Crippen LogP contribution is 2.38. The maximum absolute atomic E-state index is 13.0. The Hall–Kier alpha value is -1.66. The lowest BCUT2D eigenvalue weighted by Gasteiger charge is -2.12. The molecule has 0 atom stereocenters. The van der Waals surface area contributed by atoms with Gasteiger partial charge in [-0.1, -0.05) is 12.8 Å². The molecule has 6 nitrogen and oxygen atoms in total. The van der Waals surface area contributed by atoms with Gasteiger partial charge in [0, 0.05) is 18.0 Å². The molecule has 0 unspecified atom stereocenters. The Morgan fingerprint density at radius 3 is 2.61 bits per heavy atom. The SMILES string of the molecule is COC(=O)c1c(NC(=S)NCCCn2nc(C(F)(F)F)c(Br)c2C)sc2c1CCCCCC2. The first kappa shape index (κ1) is 26.0. The molecule has 33 heavy (non-hydrogen) atoms. The number of thiophene rings is 1. The molecule has 2 N–H and O–H groups in total. The third-order valence-corrected chi connectivity index (χ3v) is 7.93. The molecule has 1 aliphatic carbocycles. The summed E-state index contributed by atoms with van der Waals surface area (Å²) in [5.41, 5.74) is 1.10. The van der Waals surface area contributed by atoms with E-state index in [1.54, 1.807) is 6.92 Å². The predicted molar refractivity (Wildman–Crippen MR) is 130 cm³/mol. The third-order valence-electron chi connectivity index (χ3n) is 5.52. The molecule has 2 aromatic heterocycles. The van der Waals surface area contributed by atoms with E-state index >= 15 is 0 Å². The first-order valence-electron chi connectivity index (χ1n) is 10.7. The number of rotatable bonds is 6. The number of halogens is 4. The summed E-state index contributed by atoms with van der Waals surface area (Å²) >= 11 is 9.91. The number of anilines is 1. The summed E-state index contributed by atoms with van der Waals surface area (Å²) in [6, 6.07) is 0. The van der Waals surface area contributed by atoms with E-state index in [9.17, 15) is 18.0 Å². The van der Waals surface area contributed by atoms with Gasteiger partial charge in [-0.25, -0.2) is 4.79 Å². The summed E-state index contributed by atoms with van der Waals surface area (Å²) in [5, 5.41) is 10.9. The Labute approximate surface area is 208 Å². The lowest BCUT2D eigenvalue weighted by Crippen LogP contribution is -2.30. The Bertz CT molecular complexity index is 1020. The van der Waals surface area contributed by atoms with Gasteiger partial charge in [0.15, 0.2) is 10.8 Å². The van der Waals surface area contributed by atoms with E-state index in [0.29, 0.717) is 40.9 Å². The van der Waals surface area contributed by atoms with Crippen LogP contribution in [0.1, 0.15) is 64.3 Å². The smallest absolute Gasteiger partial charge is 0.436 e. The Morgan fingerprint density at radius 1 is 1.27 bits per heavy atom. The largest absolute Gasteiger partial charge is 0.465 e. The van der Waals surface area contributed by atoms with Gasteiger partial charge in [0.2, 0.25) is 0 Å². The molecule has 3 rings (SSSR count). The maximum atomic E-state index is 13.0. The molecule has 0 aromatic carbocycles. The number of aromatic nitrogens is 2. The van der Waals surface area contributed by atoms with Crippen molar-refractivity contribution < 1.29 is 22.7 Å². The van der Waals surface area contributed by atoms with Crippen LogP contribution in [0.3, 0.4) is 0 Å². The average molecular weight is 567 g/mol. The Morgan fingerprint density at radius 2 is 1.97 bits per heavy atom. The monoisotopic (exact) mass is 566 g/mol. The highest BCUT2D eigenvalue weighted by Gasteiger charge is 2.37. The molecule has 0 radical (unpaired) electrons. The lowest BCUT2D eigenvalue weighted by molar-refractivity contribution is -0.142. The van der Waals surface area contributed by atoms with E-state index < -0.39 is 11.9 Å². The number of hydrogen-bond acceptors (Lipinski definition) is 5. The van der Waals surface area contributed by atoms with Gasteiger partial charge in [-0.3, -0.25) is 4.68 Å². The molecular formula is C21H26BrF3N4O2S2. The van der Waals surface area contributed by atoms with E-state index in [0.717, 1.165) is 37.7 Å². The zero-order valence-corrected chi connectivity index (χ0v) is 21.6. The molecule has 2 heterocycles. The van der Waals surface area contributed by atoms with E-state index in [4.69, 9.17) is 17.0 Å². The van der Waals surface area contributed by atoms with Gasteiger partial charge in [0.1, 0.15) is 5.00 Å². The highest BCUT2D eigenvalue weighted by molar-refractivity contribution is 9.10. The molecule has 0 spiro atoms. The van der Waals surface area contributed by atoms with Crippen molar-refractivity contribution in [3.8, 4) is 0 Å². The summed E-state index contributed by atoms with van der Waals surface area (Å²) in [4.78, 5) is 13.7. The topological polar surface area (TPSA) is 68.2 Å². The minimum absolute atomic E-state index is 0.0382. The van der Waals surface area contributed by atoms with Gasteiger partial charge >= 0.3 is 12.1 Å². The fourth-order valence-corrected chi connectivity index (χ4v) is 5.89. The van der Waals surface area contributed by atoms with E-state index in [-0.39, 0.29) is 10.4 Å². The molecule has 2 aromatic rings. The van der Waals surface area contributed by atoms with Crippen LogP contribution < -0.4 is 10.6 Å². The Balaban J connectivity index is 1.60. The summed E-state index contributed by atoms with van der Waals surface area (Å²) < 4.78 is 45.4. The number of esters is 1. The fraction of sp³-hybridized carbons (Fsp3) is 0.571. The van der Waals surface area contributed by atoms with Crippen LogP contribution in [-0.4, -0.2) is 34.5 Å². The van der Waals surface area contributed by atoms with Crippen molar-refractivity contribution >= 4 is 55.6 Å². The van der Waals surface area contributed by atoms with Gasteiger partial charge in [-0.2, -0.15) is 18.3 Å². The van der Waals surface area contributed by atoms with Gasteiger partial charge in [0.05, 0.1) is 22.8 Å². The number of carbonyl (C=O) groups excluding carboxylic acids is 1. The van der Waals surface area contributed by atoms with Crippen molar-refractivity contribution in [2.24, 2.45) is 0 Å². The summed E-state index contributed by atoms with van der Waals surface area (Å²) in [5.74, 6) is -0.376. The van der Waals surface area contributed by atoms with Crippen molar-refractivity contribution in [1.29, 1.82) is 0 Å². The fourth-order valence-electron chi connectivity index (χ4n) is 3.83. The Kier molecular flexibility index (Phi) is 8.79. The molecule has 0 bridgehead atoms. The van der Waals surface area contributed by atoms with Crippen LogP contribution in [0.4, 0.5) is 18.2 Å². The minimum Gasteiger partial charge on any atom is -0.465 e. The van der Waals surface area contributed by atoms with Crippen molar-refractivity contribution in [3.63, 3.8) is 0 Å². The number of ether oxygens (including phenoxy) is 1. The minimum atomic E-state index is -4.51. The van der Waals surface area contributed by atoms with Gasteiger partial charge in [0.25, 0.3) is 0 Å². The van der Waals surface area contributed by atoms with E-state index in [2.05, 4.69) is 31.7 Å². The predicted octanol–water partition coefficient (Wildman–Crippen LogP) is 5.86. The second-order valence-electron chi connectivity index (χ2n) is 7.82. The van der Waals surface area contributed by atoms with Gasteiger partial charge in [-0.15, -0.1) is 11.3 Å². The van der Waals surface area contributed by atoms with Crippen LogP contribution in [0.5, 0.6) is 0 Å². The average Bonchev–Trinajstić information content (AvgIpc) is 3.21.